The molecular weight excluding hydrogens is 425 g/mol. The van der Waals surface area contributed by atoms with Crippen LogP contribution in [0.1, 0.15) is 37.7 Å². The number of rotatable bonds is 3. The van der Waals surface area contributed by atoms with E-state index in [0.29, 0.717) is 22.0 Å². The first-order valence-corrected chi connectivity index (χ1v) is 10.4. The Morgan fingerprint density at radius 2 is 1.90 bits per heavy atom. The fraction of sp³-hybridized carbons (Fsp3) is 0.286. The molecule has 1 fully saturated rings. The molecule has 2 heterocycles. The number of benzene rings is 2. The van der Waals surface area contributed by atoms with Crippen molar-refractivity contribution in [2.45, 2.75) is 37.6 Å². The maximum Gasteiger partial charge on any atom is 0.340 e. The average Bonchev–Trinajstić information content (AvgIpc) is 3.18. The minimum Gasteiger partial charge on any atom is -0.453 e. The van der Waals surface area contributed by atoms with Crippen molar-refractivity contribution in [1.82, 2.24) is 20.5 Å². The number of nitrogens with one attached hydrogen (secondary N) is 4. The van der Waals surface area contributed by atoms with Crippen LogP contribution in [-0.4, -0.2) is 21.2 Å². The third-order valence-corrected chi connectivity index (χ3v) is 6.14. The second-order valence-electron chi connectivity index (χ2n) is 7.76. The predicted octanol–water partition coefficient (Wildman–Crippen LogP) is 4.64. The third kappa shape index (κ3) is 3.34. The largest absolute Gasteiger partial charge is 0.453 e. The molecule has 2 aromatic carbocycles. The van der Waals surface area contributed by atoms with Crippen LogP contribution in [0.3, 0.4) is 0 Å². The maximum atomic E-state index is 14.9. The van der Waals surface area contributed by atoms with Crippen LogP contribution in [0.15, 0.2) is 35.1 Å². The molecule has 1 aromatic heterocycles. The molecule has 1 saturated carbocycles. The summed E-state index contributed by atoms with van der Waals surface area (Å²) in [5.74, 6) is -0.174. The number of carbonyl (C=O) groups excluding carboxylic acids is 1. The first-order valence-electron chi connectivity index (χ1n) is 10.0. The molecule has 1 aliphatic heterocycles. The minimum atomic E-state index is -0.651. The zero-order chi connectivity index (χ0) is 21.6. The molecule has 0 bridgehead atoms. The number of nitrogens with zero attached hydrogens (tertiary/aromatic N) is 1. The summed E-state index contributed by atoms with van der Waals surface area (Å²) in [5, 5.41) is 12.4. The van der Waals surface area contributed by atoms with E-state index in [1.165, 1.54) is 12.1 Å². The Hall–Kier alpha value is -3.33. The van der Waals surface area contributed by atoms with Gasteiger partial charge in [0.2, 0.25) is 0 Å². The first-order chi connectivity index (χ1) is 15.0. The van der Waals surface area contributed by atoms with Crippen LogP contribution in [0.2, 0.25) is 5.02 Å². The molecule has 0 atom stereocenters. The summed E-state index contributed by atoms with van der Waals surface area (Å²) < 4.78 is 21.0. The third-order valence-electron chi connectivity index (χ3n) is 5.83. The van der Waals surface area contributed by atoms with Crippen LogP contribution in [-0.2, 0) is 5.54 Å². The van der Waals surface area contributed by atoms with Crippen molar-refractivity contribution in [3.8, 4) is 22.9 Å². The fourth-order valence-electron chi connectivity index (χ4n) is 4.50. The van der Waals surface area contributed by atoms with Gasteiger partial charge in [-0.3, -0.25) is 4.98 Å². The minimum absolute atomic E-state index is 0.0855. The van der Waals surface area contributed by atoms with Gasteiger partial charge in [0.15, 0.2) is 17.4 Å². The molecule has 160 valence electrons. The normalized spacial score (nSPS) is 17.0. The van der Waals surface area contributed by atoms with E-state index in [2.05, 4.69) is 25.8 Å². The highest BCUT2D eigenvalue weighted by atomic mass is 35.5. The highest BCUT2D eigenvalue weighted by Crippen LogP contribution is 2.50. The number of urea groups is 1. The van der Waals surface area contributed by atoms with Crippen molar-refractivity contribution in [3.63, 3.8) is 0 Å². The van der Waals surface area contributed by atoms with Gasteiger partial charge < -0.3 is 15.4 Å². The van der Waals surface area contributed by atoms with Gasteiger partial charge >= 0.3 is 11.7 Å². The summed E-state index contributed by atoms with van der Waals surface area (Å²) in [4.78, 5) is 26.4. The van der Waals surface area contributed by atoms with E-state index in [-0.39, 0.29) is 23.2 Å². The lowest BCUT2D eigenvalue weighted by Crippen LogP contribution is -2.52. The number of hydrogen-bond donors (Lipinski definition) is 4. The summed E-state index contributed by atoms with van der Waals surface area (Å²) in [6.07, 6.45) is 4.39. The van der Waals surface area contributed by atoms with E-state index in [9.17, 15) is 14.0 Å². The van der Waals surface area contributed by atoms with Crippen LogP contribution < -0.4 is 21.1 Å². The van der Waals surface area contributed by atoms with Crippen molar-refractivity contribution in [2.75, 3.05) is 5.32 Å². The number of amides is 2. The van der Waals surface area contributed by atoms with E-state index in [0.717, 1.165) is 32.1 Å². The summed E-state index contributed by atoms with van der Waals surface area (Å²) in [7, 11) is 0. The zero-order valence-corrected chi connectivity index (χ0v) is 17.1. The highest BCUT2D eigenvalue weighted by molar-refractivity contribution is 6.34. The zero-order valence-electron chi connectivity index (χ0n) is 16.4. The molecule has 10 heteroatoms. The Bertz CT molecular complexity index is 1230. The molecule has 1 aliphatic carbocycles. The van der Waals surface area contributed by atoms with Crippen LogP contribution in [0.5, 0.6) is 11.5 Å². The Balaban J connectivity index is 1.67. The lowest BCUT2D eigenvalue weighted by molar-refractivity contribution is 0.206. The van der Waals surface area contributed by atoms with Gasteiger partial charge in [-0.15, -0.1) is 0 Å². The van der Waals surface area contributed by atoms with Crippen molar-refractivity contribution in [1.29, 1.82) is 0 Å². The van der Waals surface area contributed by atoms with Crippen molar-refractivity contribution in [2.24, 2.45) is 0 Å². The smallest absolute Gasteiger partial charge is 0.340 e. The van der Waals surface area contributed by atoms with Gasteiger partial charge in [-0.05, 0) is 37.1 Å². The van der Waals surface area contributed by atoms with Gasteiger partial charge in [0.25, 0.3) is 0 Å². The van der Waals surface area contributed by atoms with E-state index < -0.39 is 17.0 Å². The number of aromatic amines is 2. The van der Waals surface area contributed by atoms with Gasteiger partial charge in [0, 0.05) is 5.56 Å². The molecule has 0 saturated heterocycles. The van der Waals surface area contributed by atoms with E-state index in [1.54, 1.807) is 18.2 Å². The summed E-state index contributed by atoms with van der Waals surface area (Å²) in [6.45, 7) is 0. The molecule has 31 heavy (non-hydrogen) atoms. The number of ether oxygens (including phenoxy) is 1. The standard InChI is InChI=1S/C21H19ClFN5O3/c22-12-7-8-14(15-16(12)24-19(29)26-21(15)9-2-1-3-10-21)31-17-11(5-4-6-13(17)23)18-25-20(30)28-27-18/h4-8H,1-3,9-10H2,(H2,24,26,29)(H2,25,27,28,30). The molecule has 8 nitrogen and oxygen atoms in total. The van der Waals surface area contributed by atoms with Crippen LogP contribution in [0, 0.1) is 5.82 Å². The number of hydrogen-bond acceptors (Lipinski definition) is 4. The van der Waals surface area contributed by atoms with Gasteiger partial charge in [0.1, 0.15) is 5.75 Å². The maximum absolute atomic E-state index is 14.9. The average molecular weight is 444 g/mol. The number of fused-ring (bicyclic) bond motifs is 2. The number of halogens is 2. The first kappa shape index (κ1) is 19.6. The van der Waals surface area contributed by atoms with Crippen molar-refractivity contribution >= 4 is 23.3 Å². The number of para-hydroxylation sites is 1. The molecule has 0 radical (unpaired) electrons. The lowest BCUT2D eigenvalue weighted by atomic mass is 9.74. The molecule has 5 rings (SSSR count). The quantitative estimate of drug-likeness (QED) is 0.472. The number of carbonyl (C=O) groups is 1. The number of aromatic nitrogens is 3. The van der Waals surface area contributed by atoms with Crippen LogP contribution in [0.4, 0.5) is 14.9 Å². The SMILES string of the molecule is O=C1Nc2c(Cl)ccc(Oc3c(F)cccc3-c3n[nH]c(=O)[nH]3)c2C2(CCCCC2)N1. The molecule has 0 unspecified atom stereocenters. The predicted molar refractivity (Wildman–Crippen MR) is 113 cm³/mol. The Morgan fingerprint density at radius 3 is 2.65 bits per heavy atom. The molecule has 2 amide bonds. The molecular formula is C21H19ClFN5O3. The van der Waals surface area contributed by atoms with Gasteiger partial charge in [-0.25, -0.2) is 19.1 Å². The van der Waals surface area contributed by atoms with Crippen molar-refractivity contribution in [3.05, 3.63) is 57.2 Å². The molecule has 2 aliphatic rings. The lowest BCUT2D eigenvalue weighted by Gasteiger charge is -2.43. The number of H-pyrrole nitrogens is 2. The summed E-state index contributed by atoms with van der Waals surface area (Å²) in [5.41, 5.74) is 0.289. The van der Waals surface area contributed by atoms with E-state index in [1.807, 2.05) is 0 Å². The summed E-state index contributed by atoms with van der Waals surface area (Å²) in [6, 6.07) is 7.32. The number of anilines is 1. The molecule has 3 aromatic rings. The Morgan fingerprint density at radius 1 is 1.10 bits per heavy atom. The van der Waals surface area contributed by atoms with Crippen LogP contribution >= 0.6 is 11.6 Å². The fourth-order valence-corrected chi connectivity index (χ4v) is 4.71. The van der Waals surface area contributed by atoms with Crippen LogP contribution in [0.25, 0.3) is 11.4 Å². The second-order valence-corrected chi connectivity index (χ2v) is 8.17. The van der Waals surface area contributed by atoms with Gasteiger partial charge in [-0.1, -0.05) is 36.9 Å². The highest BCUT2D eigenvalue weighted by Gasteiger charge is 2.43. The Labute approximate surface area is 181 Å². The van der Waals surface area contributed by atoms with E-state index in [4.69, 9.17) is 16.3 Å². The van der Waals surface area contributed by atoms with Gasteiger partial charge in [0.05, 0.1) is 21.8 Å². The monoisotopic (exact) mass is 443 g/mol. The summed E-state index contributed by atoms with van der Waals surface area (Å²) >= 11 is 6.42. The van der Waals surface area contributed by atoms with Crippen molar-refractivity contribution < 1.29 is 13.9 Å². The molecule has 4 N–H and O–H groups in total. The van der Waals surface area contributed by atoms with Gasteiger partial charge in [-0.2, -0.15) is 5.10 Å². The van der Waals surface area contributed by atoms with E-state index >= 15 is 0 Å². The second kappa shape index (κ2) is 7.42. The Kier molecular flexibility index (Phi) is 4.70. The topological polar surface area (TPSA) is 112 Å². The molecule has 1 spiro atoms.